The third kappa shape index (κ3) is 4.30. The third-order valence-electron chi connectivity index (χ3n) is 4.39. The van der Waals surface area contributed by atoms with E-state index in [0.717, 1.165) is 17.9 Å². The highest BCUT2D eigenvalue weighted by molar-refractivity contribution is 5.45. The third-order valence-corrected chi connectivity index (χ3v) is 4.39. The second-order valence-electron chi connectivity index (χ2n) is 6.08. The molecule has 0 heterocycles. The molecule has 2 aromatic rings. The van der Waals surface area contributed by atoms with Gasteiger partial charge in [-0.05, 0) is 75.0 Å². The second kappa shape index (κ2) is 8.74. The summed E-state index contributed by atoms with van der Waals surface area (Å²) in [6.07, 6.45) is 0.843. The molecule has 1 unspecified atom stereocenters. The summed E-state index contributed by atoms with van der Waals surface area (Å²) in [5.74, 6) is 2.10. The molecule has 0 fully saturated rings. The number of para-hydroxylation sites is 1. The van der Waals surface area contributed by atoms with E-state index in [1.807, 2.05) is 26.0 Å². The van der Waals surface area contributed by atoms with Crippen molar-refractivity contribution in [1.29, 1.82) is 0 Å². The first-order valence-electron chi connectivity index (χ1n) is 8.75. The van der Waals surface area contributed by atoms with Gasteiger partial charge in [-0.25, -0.2) is 0 Å². The van der Waals surface area contributed by atoms with Crippen LogP contribution >= 0.6 is 0 Å². The van der Waals surface area contributed by atoms with Crippen molar-refractivity contribution < 1.29 is 9.47 Å². The van der Waals surface area contributed by atoms with Crippen LogP contribution in [-0.2, 0) is 6.42 Å². The average Bonchev–Trinajstić information content (AvgIpc) is 2.58. The lowest BCUT2D eigenvalue weighted by Gasteiger charge is -2.22. The maximum Gasteiger partial charge on any atom is 0.123 e. The minimum absolute atomic E-state index is 0.201. The fourth-order valence-corrected chi connectivity index (χ4v) is 2.97. The van der Waals surface area contributed by atoms with Crippen LogP contribution in [-0.4, -0.2) is 19.8 Å². The van der Waals surface area contributed by atoms with Crippen molar-refractivity contribution in [2.45, 2.75) is 40.0 Å². The highest BCUT2D eigenvalue weighted by Crippen LogP contribution is 2.33. The average molecular weight is 327 g/mol. The van der Waals surface area contributed by atoms with Crippen molar-refractivity contribution in [2.75, 3.05) is 19.8 Å². The number of rotatable bonds is 8. The van der Waals surface area contributed by atoms with Crippen LogP contribution in [0.4, 0.5) is 0 Å². The topological polar surface area (TPSA) is 44.5 Å². The Labute approximate surface area is 145 Å². The number of ether oxygens (including phenoxy) is 2. The highest BCUT2D eigenvalue weighted by Gasteiger charge is 2.19. The van der Waals surface area contributed by atoms with E-state index in [-0.39, 0.29) is 5.92 Å². The van der Waals surface area contributed by atoms with Gasteiger partial charge in [0.2, 0.25) is 0 Å². The lowest BCUT2D eigenvalue weighted by Crippen LogP contribution is -2.17. The Morgan fingerprint density at radius 3 is 2.21 bits per heavy atom. The summed E-state index contributed by atoms with van der Waals surface area (Å²) in [4.78, 5) is 0. The number of benzene rings is 2. The molecule has 0 radical (unpaired) electrons. The summed E-state index contributed by atoms with van der Waals surface area (Å²) in [7, 11) is 0. The van der Waals surface area contributed by atoms with Crippen molar-refractivity contribution in [3.05, 3.63) is 58.7 Å². The summed E-state index contributed by atoms with van der Waals surface area (Å²) in [5, 5.41) is 0. The molecular formula is C21H29NO2. The van der Waals surface area contributed by atoms with Gasteiger partial charge in [-0.2, -0.15) is 0 Å². The van der Waals surface area contributed by atoms with E-state index in [4.69, 9.17) is 15.2 Å². The van der Waals surface area contributed by atoms with E-state index < -0.39 is 0 Å². The SMILES string of the molecule is CCOc1ccccc1CC(CN)c1cc(C)c(C)cc1OCC. The van der Waals surface area contributed by atoms with Crippen molar-refractivity contribution >= 4 is 0 Å². The van der Waals surface area contributed by atoms with Gasteiger partial charge in [0.1, 0.15) is 11.5 Å². The normalized spacial score (nSPS) is 12.0. The molecule has 2 rings (SSSR count). The zero-order chi connectivity index (χ0) is 17.5. The Morgan fingerprint density at radius 2 is 1.54 bits per heavy atom. The summed E-state index contributed by atoms with van der Waals surface area (Å²) in [6, 6.07) is 12.6. The molecule has 3 nitrogen and oxygen atoms in total. The first-order chi connectivity index (χ1) is 11.6. The van der Waals surface area contributed by atoms with Crippen molar-refractivity contribution in [2.24, 2.45) is 5.73 Å². The molecule has 0 bridgehead atoms. The first-order valence-corrected chi connectivity index (χ1v) is 8.75. The fraction of sp³-hybridized carbons (Fsp3) is 0.429. The Balaban J connectivity index is 2.37. The molecule has 2 aromatic carbocycles. The van der Waals surface area contributed by atoms with Crippen molar-refractivity contribution in [3.8, 4) is 11.5 Å². The molecule has 130 valence electrons. The molecule has 3 heteroatoms. The zero-order valence-corrected chi connectivity index (χ0v) is 15.3. The molecule has 0 saturated carbocycles. The van der Waals surface area contributed by atoms with E-state index in [2.05, 4.69) is 38.1 Å². The lowest BCUT2D eigenvalue weighted by atomic mass is 9.89. The van der Waals surface area contributed by atoms with Crippen LogP contribution in [0.15, 0.2) is 36.4 Å². The molecule has 0 aliphatic heterocycles. The first kappa shape index (κ1) is 18.3. The number of hydrogen-bond donors (Lipinski definition) is 1. The van der Waals surface area contributed by atoms with Crippen LogP contribution in [0.2, 0.25) is 0 Å². The molecule has 0 saturated heterocycles. The number of hydrogen-bond acceptors (Lipinski definition) is 3. The lowest BCUT2D eigenvalue weighted by molar-refractivity contribution is 0.330. The summed E-state index contributed by atoms with van der Waals surface area (Å²) in [6.45, 7) is 10.2. The van der Waals surface area contributed by atoms with Crippen molar-refractivity contribution in [1.82, 2.24) is 0 Å². The summed E-state index contributed by atoms with van der Waals surface area (Å²) < 4.78 is 11.7. The monoisotopic (exact) mass is 327 g/mol. The van der Waals surface area contributed by atoms with Gasteiger partial charge in [-0.3, -0.25) is 0 Å². The molecule has 0 amide bonds. The Morgan fingerprint density at radius 1 is 0.917 bits per heavy atom. The van der Waals surface area contributed by atoms with Crippen LogP contribution in [0, 0.1) is 13.8 Å². The maximum absolute atomic E-state index is 6.13. The van der Waals surface area contributed by atoms with E-state index in [1.165, 1.54) is 22.3 Å². The van der Waals surface area contributed by atoms with Gasteiger partial charge in [0.15, 0.2) is 0 Å². The van der Waals surface area contributed by atoms with Gasteiger partial charge in [0.05, 0.1) is 13.2 Å². The number of nitrogens with two attached hydrogens (primary N) is 1. The van der Waals surface area contributed by atoms with E-state index in [9.17, 15) is 0 Å². The minimum atomic E-state index is 0.201. The van der Waals surface area contributed by atoms with Crippen LogP contribution in [0.3, 0.4) is 0 Å². The van der Waals surface area contributed by atoms with Crippen LogP contribution in [0.5, 0.6) is 11.5 Å². The fourth-order valence-electron chi connectivity index (χ4n) is 2.97. The van der Waals surface area contributed by atoms with Gasteiger partial charge in [0, 0.05) is 5.92 Å². The van der Waals surface area contributed by atoms with Crippen LogP contribution < -0.4 is 15.2 Å². The van der Waals surface area contributed by atoms with Gasteiger partial charge in [-0.1, -0.05) is 24.3 Å². The Hall–Kier alpha value is -2.00. The quantitative estimate of drug-likeness (QED) is 0.782. The smallest absolute Gasteiger partial charge is 0.123 e. The number of aryl methyl sites for hydroxylation is 2. The highest BCUT2D eigenvalue weighted by atomic mass is 16.5. The molecular weight excluding hydrogens is 298 g/mol. The van der Waals surface area contributed by atoms with Crippen molar-refractivity contribution in [3.63, 3.8) is 0 Å². The minimum Gasteiger partial charge on any atom is -0.494 e. The molecule has 0 aliphatic rings. The largest absolute Gasteiger partial charge is 0.494 e. The molecule has 2 N–H and O–H groups in total. The van der Waals surface area contributed by atoms with Gasteiger partial charge >= 0.3 is 0 Å². The van der Waals surface area contributed by atoms with Gasteiger partial charge in [0.25, 0.3) is 0 Å². The van der Waals surface area contributed by atoms with E-state index >= 15 is 0 Å². The second-order valence-corrected chi connectivity index (χ2v) is 6.08. The molecule has 0 aliphatic carbocycles. The zero-order valence-electron chi connectivity index (χ0n) is 15.3. The predicted octanol–water partition coefficient (Wildman–Crippen LogP) is 4.39. The predicted molar refractivity (Wildman–Crippen MR) is 100 cm³/mol. The maximum atomic E-state index is 6.13. The standard InChI is InChI=1S/C21H29NO2/c1-5-23-20-10-8-7-9-17(20)13-18(14-22)19-11-15(3)16(4)12-21(19)24-6-2/h7-12,18H,5-6,13-14,22H2,1-4H3. The molecule has 1 atom stereocenters. The van der Waals surface area contributed by atoms with Crippen LogP contribution in [0.25, 0.3) is 0 Å². The molecule has 24 heavy (non-hydrogen) atoms. The Kier molecular flexibility index (Phi) is 6.68. The Bertz CT molecular complexity index is 667. The summed E-state index contributed by atoms with van der Waals surface area (Å²) >= 11 is 0. The summed E-state index contributed by atoms with van der Waals surface area (Å²) in [5.41, 5.74) is 11.0. The van der Waals surface area contributed by atoms with Crippen LogP contribution in [0.1, 0.15) is 42.0 Å². The molecule has 0 aromatic heterocycles. The van der Waals surface area contributed by atoms with E-state index in [1.54, 1.807) is 0 Å². The van der Waals surface area contributed by atoms with E-state index in [0.29, 0.717) is 19.8 Å². The van der Waals surface area contributed by atoms with Gasteiger partial charge in [-0.15, -0.1) is 0 Å². The molecule has 0 spiro atoms. The van der Waals surface area contributed by atoms with Gasteiger partial charge < -0.3 is 15.2 Å².